The van der Waals surface area contributed by atoms with Crippen LogP contribution in [0.25, 0.3) is 0 Å². The van der Waals surface area contributed by atoms with Gasteiger partial charge in [-0.05, 0) is 146 Å². The molecule has 133 heavy (non-hydrogen) atoms. The number of nitrogens with one attached hydrogen (secondary N) is 17. The number of rotatable bonds is 59. The maximum Gasteiger partial charge on any atom is 0.326 e. The highest BCUT2D eigenvalue weighted by atomic mass is 32.1. The Hall–Kier alpha value is -12.0. The number of carbonyl (C=O) groups is 18. The Morgan fingerprint density at radius 2 is 0.850 bits per heavy atom. The highest BCUT2D eigenvalue weighted by Gasteiger charge is 2.46. The second-order valence-electron chi connectivity index (χ2n) is 32.9. The van der Waals surface area contributed by atoms with E-state index in [-0.39, 0.29) is 114 Å². The molecular weight excluding hydrogens is 1790 g/mol. The number of benzene rings is 2. The lowest BCUT2D eigenvalue weighted by atomic mass is 9.95. The van der Waals surface area contributed by atoms with E-state index in [1.807, 2.05) is 0 Å². The van der Waals surface area contributed by atoms with Gasteiger partial charge < -0.3 is 166 Å². The van der Waals surface area contributed by atoms with E-state index in [0.717, 1.165) is 11.8 Å². The molecule has 52 heteroatoms. The fourth-order valence-corrected chi connectivity index (χ4v) is 13.9. The molecule has 39 N–H and O–H groups in total. The van der Waals surface area contributed by atoms with Crippen molar-refractivity contribution in [1.82, 2.24) is 90.0 Å². The first-order valence-corrected chi connectivity index (χ1v) is 44.2. The normalized spacial score (nSPS) is 16.8. The van der Waals surface area contributed by atoms with Crippen LogP contribution in [0.15, 0.2) is 48.5 Å². The summed E-state index contributed by atoms with van der Waals surface area (Å²) in [5.74, 6) is -21.0. The Kier molecular flexibility index (Phi) is 49.7. The summed E-state index contributed by atoms with van der Waals surface area (Å²) in [5, 5.41) is 108. The molecule has 50 nitrogen and oxygen atoms in total. The highest BCUT2D eigenvalue weighted by molar-refractivity contribution is 7.81. The number of phenols is 2. The predicted molar refractivity (Wildman–Crippen MR) is 487 cm³/mol. The highest BCUT2D eigenvalue weighted by Crippen LogP contribution is 2.25. The van der Waals surface area contributed by atoms with E-state index in [4.69, 9.17) is 51.3 Å². The van der Waals surface area contributed by atoms with Crippen LogP contribution in [0.3, 0.4) is 0 Å². The number of primary amides is 2. The third-order valence-electron chi connectivity index (χ3n) is 21.2. The summed E-state index contributed by atoms with van der Waals surface area (Å²) in [7, 11) is 0. The van der Waals surface area contributed by atoms with Crippen LogP contribution in [0, 0.1) is 17.2 Å². The molecule has 1 aliphatic heterocycles. The van der Waals surface area contributed by atoms with Crippen LogP contribution in [-0.4, -0.2) is 320 Å². The molecule has 19 atom stereocenters. The van der Waals surface area contributed by atoms with E-state index in [0.29, 0.717) is 11.1 Å². The van der Waals surface area contributed by atoms with Crippen molar-refractivity contribution in [2.75, 3.05) is 58.2 Å². The summed E-state index contributed by atoms with van der Waals surface area (Å²) in [6, 6.07) is -16.4. The van der Waals surface area contributed by atoms with Crippen molar-refractivity contribution < 1.29 is 117 Å². The molecule has 0 spiro atoms. The Bertz CT molecular complexity index is 4290. The minimum atomic E-state index is -2.03. The number of carboxylic acids is 1. The van der Waals surface area contributed by atoms with Gasteiger partial charge in [0.1, 0.15) is 102 Å². The second-order valence-corrected chi connectivity index (χ2v) is 34.4. The van der Waals surface area contributed by atoms with Crippen LogP contribution < -0.4 is 131 Å². The molecule has 2 aromatic carbocycles. The molecule has 0 saturated carbocycles. The van der Waals surface area contributed by atoms with Gasteiger partial charge >= 0.3 is 12.0 Å². The zero-order valence-corrected chi connectivity index (χ0v) is 77.0. The maximum atomic E-state index is 15.0. The first kappa shape index (κ1) is 115. The number of nitrogens with two attached hydrogens (primary N) is 8. The standard InChI is InChI=1S/C81H134N26O24S2/c1-8-39(4)60(104-73(124)57-33-45(112)35-107(57)77(128)59(87)38(2)3)74(125)106-62(81(6,7)133)76(127)100-52(31-41-13-17-43(110)18-14-41)69(120)93-47(12-10-30-92-80(90)131)64(115)99-53(34-58(86)113)70(121)94-46(11-9-29-91-79(88)89)63(114)96-51(24-28-85)68(119)105-61(40(5)109)75(126)98-50(23-27-84)66(117)102-55(36-108)71(122)97-48(21-25-82)65(116)95-49(22-26-83)67(118)103-56(37-132)72(123)101-54(78(129)130)32-42-15-19-44(111)20-16-42/h13-20,38-40,45-57,59-62,108-112,132-133H,8-12,21-37,82-85,87H2,1-7H3,(H2,86,113)(H,93,120)(H,94,121)(H,95,116)(H,96,114)(H,97,122)(H,98,126)(H,99,115)(H,100,127)(H,101,123)(H,102,117)(H,103,118)(H,104,124)(H,105,119)(H,106,125)(H,129,130)(H4,88,89,91)(H3,90,92,131)/t39-,40+,45+,46-,47-,48-,49-,50+,51-,52-,53-,54-,55-,56-,57-,59-,60-,61-,62+/m0/s1. The third kappa shape index (κ3) is 39.3. The molecule has 1 heterocycles. The smallest absolute Gasteiger partial charge is 0.326 e. The number of aliphatic hydroxyl groups excluding tert-OH is 3. The number of phenolic OH excluding ortho intramolecular Hbond substituents is 2. The van der Waals surface area contributed by atoms with Gasteiger partial charge in [0.25, 0.3) is 0 Å². The molecule has 0 bridgehead atoms. The number of aromatic hydroxyl groups is 2. The SMILES string of the molecule is CC[C@H](C)[C@H](NC(=O)[C@@H]1C[C@@H](O)CN1C(=O)[C@@H](N)C(C)C)C(=O)N[C@H](C(=O)N[C@@H](Cc1ccc(O)cc1)C(=O)N[C@@H](CCCNC(N)=O)C(=O)N[C@@H](CC(N)=O)C(=O)N[C@@H](CCCNC(=N)N)C(=O)N[C@@H](CCN)C(=O)N[C@H](C(=O)N[C@H](CCN)C(=O)N[C@@H](CO)C(=O)N[C@@H](CCN)C(=O)N[C@@H](CCN)C(=O)N[C@@H](CS)C(=O)N[C@@H](Cc1ccc(O)cc1)C(=O)O)[C@@H](C)O)C(C)(C)S. The van der Waals surface area contributed by atoms with E-state index >= 15 is 0 Å². The third-order valence-corrected chi connectivity index (χ3v) is 21.8. The Labute approximate surface area is 779 Å². The zero-order chi connectivity index (χ0) is 100. The van der Waals surface area contributed by atoms with Gasteiger partial charge in [0.15, 0.2) is 5.96 Å². The van der Waals surface area contributed by atoms with Crippen molar-refractivity contribution in [3.63, 3.8) is 0 Å². The Morgan fingerprint density at radius 1 is 0.489 bits per heavy atom. The molecule has 3 rings (SSSR count). The van der Waals surface area contributed by atoms with Gasteiger partial charge in [-0.2, -0.15) is 25.3 Å². The van der Waals surface area contributed by atoms with Crippen molar-refractivity contribution in [2.45, 2.75) is 246 Å². The van der Waals surface area contributed by atoms with Crippen LogP contribution in [0.1, 0.15) is 130 Å². The molecule has 18 amide bonds. The van der Waals surface area contributed by atoms with Crippen LogP contribution in [-0.2, 0) is 94.3 Å². The van der Waals surface area contributed by atoms with Crippen molar-refractivity contribution in [1.29, 1.82) is 5.41 Å². The molecule has 0 aromatic heterocycles. The van der Waals surface area contributed by atoms with Crippen LogP contribution in [0.5, 0.6) is 11.5 Å². The van der Waals surface area contributed by atoms with Crippen molar-refractivity contribution in [2.24, 2.45) is 57.7 Å². The maximum absolute atomic E-state index is 15.0. The van der Waals surface area contributed by atoms with Crippen LogP contribution in [0.2, 0.25) is 0 Å². The number of thiol groups is 2. The first-order valence-electron chi connectivity index (χ1n) is 43.1. The summed E-state index contributed by atoms with van der Waals surface area (Å²) in [6.45, 7) is 7.67. The van der Waals surface area contributed by atoms with E-state index < -0.39 is 277 Å². The summed E-state index contributed by atoms with van der Waals surface area (Å²) in [6.07, 6.45) is -7.05. The van der Waals surface area contributed by atoms with E-state index in [1.54, 1.807) is 27.7 Å². The number of guanidine groups is 1. The van der Waals surface area contributed by atoms with Gasteiger partial charge in [-0.1, -0.05) is 58.4 Å². The van der Waals surface area contributed by atoms with E-state index in [9.17, 15) is 117 Å². The lowest BCUT2D eigenvalue weighted by Gasteiger charge is -2.34. The van der Waals surface area contributed by atoms with Gasteiger partial charge in [-0.25, -0.2) is 9.59 Å². The summed E-state index contributed by atoms with van der Waals surface area (Å²) < 4.78 is -1.50. The minimum absolute atomic E-state index is 0.0929. The lowest BCUT2D eigenvalue weighted by Crippen LogP contribution is -2.64. The molecule has 1 saturated heterocycles. The van der Waals surface area contributed by atoms with Gasteiger partial charge in [-0.15, -0.1) is 0 Å². The molecule has 0 unspecified atom stereocenters. The number of β-amino-alcohol motifs (C(OH)–C–C–N with tert-alkyl or cyclic N) is 1. The number of aliphatic carboxylic acids is 1. The molecular formula is C81H134N26O24S2. The minimum Gasteiger partial charge on any atom is -0.508 e. The molecule has 1 aliphatic rings. The average molecular weight is 1920 g/mol. The predicted octanol–water partition coefficient (Wildman–Crippen LogP) is -11.3. The van der Waals surface area contributed by atoms with E-state index in [1.165, 1.54) is 62.4 Å². The number of carboxylic acid groups (broad SMARTS) is 1. The number of hydrogen-bond acceptors (Lipinski definition) is 31. The van der Waals surface area contributed by atoms with Gasteiger partial charge in [0.05, 0.1) is 31.3 Å². The topological polar surface area (TPSA) is 856 Å². The fourth-order valence-electron chi connectivity index (χ4n) is 13.4. The first-order chi connectivity index (χ1) is 62.5. The van der Waals surface area contributed by atoms with Gasteiger partial charge in [0.2, 0.25) is 94.5 Å². The lowest BCUT2D eigenvalue weighted by molar-refractivity contribution is -0.142. The summed E-state index contributed by atoms with van der Waals surface area (Å²) in [4.78, 5) is 251. The molecule has 744 valence electrons. The largest absolute Gasteiger partial charge is 0.508 e. The zero-order valence-electron chi connectivity index (χ0n) is 75.2. The number of likely N-dealkylation sites (tertiary alicyclic amines) is 1. The van der Waals surface area contributed by atoms with Crippen molar-refractivity contribution >= 4 is 138 Å². The number of carbonyl (C=O) groups excluding carboxylic acids is 17. The Morgan fingerprint density at radius 3 is 1.24 bits per heavy atom. The second kappa shape index (κ2) is 57.4. The van der Waals surface area contributed by atoms with Crippen LogP contribution in [0.4, 0.5) is 4.79 Å². The molecule has 0 aliphatic carbocycles. The van der Waals surface area contributed by atoms with Gasteiger partial charge in [-0.3, -0.25) is 82.1 Å². The van der Waals surface area contributed by atoms with Crippen molar-refractivity contribution in [3.05, 3.63) is 59.7 Å². The molecule has 2 aromatic rings. The number of aliphatic hydroxyl groups is 3. The Balaban J connectivity index is 1.94. The number of hydrogen-bond donors (Lipinski definition) is 33. The van der Waals surface area contributed by atoms with E-state index in [2.05, 4.69) is 110 Å². The summed E-state index contributed by atoms with van der Waals surface area (Å²) >= 11 is 8.78. The van der Waals surface area contributed by atoms with Gasteiger partial charge in [0, 0.05) is 49.4 Å². The molecule has 1 fully saturated rings. The van der Waals surface area contributed by atoms with Crippen LogP contribution >= 0.6 is 25.3 Å². The number of amides is 18. The number of urea groups is 1. The summed E-state index contributed by atoms with van der Waals surface area (Å²) in [5.41, 5.74) is 46.7. The average Bonchev–Trinajstić information content (AvgIpc) is 1.79. The molecule has 0 radical (unpaired) electrons. The monoisotopic (exact) mass is 1920 g/mol. The van der Waals surface area contributed by atoms with Crippen molar-refractivity contribution in [3.8, 4) is 11.5 Å². The fraction of sp³-hybridized carbons (Fsp3) is 0.617. The number of nitrogens with zero attached hydrogens (tertiary/aromatic N) is 1. The quantitative estimate of drug-likeness (QED) is 0.0127.